The zero-order chi connectivity index (χ0) is 11.9. The second kappa shape index (κ2) is 8.01. The number of aromatic nitrogens is 1. The Balaban J connectivity index is 0.00000162. The lowest BCUT2D eigenvalue weighted by molar-refractivity contribution is 0.414. The van der Waals surface area contributed by atoms with E-state index in [2.05, 4.69) is 23.2 Å². The number of benzene rings is 1. The monoisotopic (exact) mass is 281 g/mol. The van der Waals surface area contributed by atoms with Crippen molar-refractivity contribution in [1.29, 1.82) is 0 Å². The van der Waals surface area contributed by atoms with Crippen LogP contribution in [0.25, 0.3) is 0 Å². The Morgan fingerprint density at radius 1 is 1.11 bits per heavy atom. The van der Waals surface area contributed by atoms with E-state index in [1.54, 1.807) is 7.11 Å². The van der Waals surface area contributed by atoms with Crippen LogP contribution in [0.4, 0.5) is 0 Å². The number of aryl methyl sites for hydroxylation is 1. The molecule has 1 aromatic carbocycles. The van der Waals surface area contributed by atoms with Crippen LogP contribution in [0.5, 0.6) is 5.75 Å². The third-order valence-corrected chi connectivity index (χ3v) is 3.43. The molecule has 0 fully saturated rings. The standard InChI is InChI=1S/C14H15NOS.ClH/c1-16-13-5-7-14(8-6-13)17-11-9-12-4-2-3-10-15-12;/h2-8,10H,9,11H2,1H3;1H. The summed E-state index contributed by atoms with van der Waals surface area (Å²) in [4.78, 5) is 5.57. The largest absolute Gasteiger partial charge is 0.497 e. The smallest absolute Gasteiger partial charge is 0.118 e. The highest BCUT2D eigenvalue weighted by Crippen LogP contribution is 2.21. The number of methoxy groups -OCH3 is 1. The fourth-order valence-electron chi connectivity index (χ4n) is 1.49. The molecule has 96 valence electrons. The Kier molecular flexibility index (Phi) is 6.61. The van der Waals surface area contributed by atoms with Crippen LogP contribution in [0, 0.1) is 0 Å². The van der Waals surface area contributed by atoms with Crippen molar-refractivity contribution >= 4 is 24.2 Å². The molecule has 2 aromatic rings. The molecule has 0 amide bonds. The van der Waals surface area contributed by atoms with Crippen LogP contribution in [-0.2, 0) is 6.42 Å². The minimum atomic E-state index is 0. The van der Waals surface area contributed by atoms with E-state index in [1.165, 1.54) is 4.90 Å². The second-order valence-corrected chi connectivity index (χ2v) is 4.76. The van der Waals surface area contributed by atoms with Crippen molar-refractivity contribution in [2.24, 2.45) is 0 Å². The molecule has 0 N–H and O–H groups in total. The molecule has 0 aliphatic rings. The first-order chi connectivity index (χ1) is 8.38. The summed E-state index contributed by atoms with van der Waals surface area (Å²) < 4.78 is 5.12. The van der Waals surface area contributed by atoms with Crippen molar-refractivity contribution in [2.45, 2.75) is 11.3 Å². The average molecular weight is 282 g/mol. The Morgan fingerprint density at radius 2 is 1.89 bits per heavy atom. The lowest BCUT2D eigenvalue weighted by atomic mass is 10.3. The summed E-state index contributed by atoms with van der Waals surface area (Å²) in [6.45, 7) is 0. The number of hydrogen-bond acceptors (Lipinski definition) is 3. The Hall–Kier alpha value is -1.19. The highest BCUT2D eigenvalue weighted by Gasteiger charge is 1.97. The van der Waals surface area contributed by atoms with Gasteiger partial charge in [-0.15, -0.1) is 24.2 Å². The molecule has 0 spiro atoms. The van der Waals surface area contributed by atoms with E-state index >= 15 is 0 Å². The number of thioether (sulfide) groups is 1. The van der Waals surface area contributed by atoms with Crippen LogP contribution >= 0.6 is 24.2 Å². The van der Waals surface area contributed by atoms with E-state index < -0.39 is 0 Å². The molecule has 0 atom stereocenters. The maximum absolute atomic E-state index is 5.12. The summed E-state index contributed by atoms with van der Waals surface area (Å²) in [5, 5.41) is 0. The lowest BCUT2D eigenvalue weighted by Crippen LogP contribution is -1.91. The predicted molar refractivity (Wildman–Crippen MR) is 78.9 cm³/mol. The topological polar surface area (TPSA) is 22.1 Å². The van der Waals surface area contributed by atoms with Gasteiger partial charge < -0.3 is 4.74 Å². The van der Waals surface area contributed by atoms with Gasteiger partial charge in [-0.25, -0.2) is 0 Å². The summed E-state index contributed by atoms with van der Waals surface area (Å²) in [6, 6.07) is 14.2. The Morgan fingerprint density at radius 3 is 2.50 bits per heavy atom. The second-order valence-electron chi connectivity index (χ2n) is 3.60. The molecule has 1 aromatic heterocycles. The molecular weight excluding hydrogens is 266 g/mol. The molecule has 18 heavy (non-hydrogen) atoms. The van der Waals surface area contributed by atoms with Crippen molar-refractivity contribution < 1.29 is 4.74 Å². The number of nitrogens with zero attached hydrogens (tertiary/aromatic N) is 1. The molecule has 2 rings (SSSR count). The van der Waals surface area contributed by atoms with Gasteiger partial charge >= 0.3 is 0 Å². The molecule has 0 aliphatic carbocycles. The van der Waals surface area contributed by atoms with Crippen LogP contribution in [0.15, 0.2) is 53.6 Å². The number of halogens is 1. The van der Waals surface area contributed by atoms with Crippen molar-refractivity contribution in [3.05, 3.63) is 54.4 Å². The fraction of sp³-hybridized carbons (Fsp3) is 0.214. The first-order valence-corrected chi connectivity index (χ1v) is 6.54. The molecule has 0 saturated heterocycles. The van der Waals surface area contributed by atoms with Crippen molar-refractivity contribution in [3.8, 4) is 5.75 Å². The van der Waals surface area contributed by atoms with Gasteiger partial charge in [-0.2, -0.15) is 0 Å². The van der Waals surface area contributed by atoms with Gasteiger partial charge in [0.2, 0.25) is 0 Å². The minimum absolute atomic E-state index is 0. The molecule has 1 heterocycles. The third kappa shape index (κ3) is 4.59. The molecular formula is C14H16ClNOS. The van der Waals surface area contributed by atoms with Crippen LogP contribution < -0.4 is 4.74 Å². The molecule has 0 aliphatic heterocycles. The quantitative estimate of drug-likeness (QED) is 0.777. The van der Waals surface area contributed by atoms with Gasteiger partial charge in [0, 0.05) is 22.5 Å². The maximum Gasteiger partial charge on any atom is 0.118 e. The first-order valence-electron chi connectivity index (χ1n) is 5.55. The number of pyridine rings is 1. The summed E-state index contributed by atoms with van der Waals surface area (Å²) in [6.07, 6.45) is 2.84. The SMILES string of the molecule is COc1ccc(SCCc2ccccn2)cc1.Cl. The van der Waals surface area contributed by atoms with Crippen LogP contribution in [-0.4, -0.2) is 17.8 Å². The minimum Gasteiger partial charge on any atom is -0.497 e. The van der Waals surface area contributed by atoms with Gasteiger partial charge in [0.1, 0.15) is 5.75 Å². The van der Waals surface area contributed by atoms with E-state index in [9.17, 15) is 0 Å². The molecule has 0 unspecified atom stereocenters. The van der Waals surface area contributed by atoms with Gasteiger partial charge in [0.15, 0.2) is 0 Å². The van der Waals surface area contributed by atoms with Crippen LogP contribution in [0.3, 0.4) is 0 Å². The van der Waals surface area contributed by atoms with Gasteiger partial charge in [-0.1, -0.05) is 6.07 Å². The number of ether oxygens (including phenoxy) is 1. The molecule has 4 heteroatoms. The zero-order valence-corrected chi connectivity index (χ0v) is 11.8. The van der Waals surface area contributed by atoms with Gasteiger partial charge in [0.25, 0.3) is 0 Å². The maximum atomic E-state index is 5.12. The lowest BCUT2D eigenvalue weighted by Gasteiger charge is -2.03. The molecule has 0 saturated carbocycles. The number of hydrogen-bond donors (Lipinski definition) is 0. The Bertz CT molecular complexity index is 447. The van der Waals surface area contributed by atoms with Gasteiger partial charge in [0.05, 0.1) is 7.11 Å². The summed E-state index contributed by atoms with van der Waals surface area (Å²) in [5.74, 6) is 1.95. The highest BCUT2D eigenvalue weighted by molar-refractivity contribution is 7.99. The molecule has 2 nitrogen and oxygen atoms in total. The van der Waals surface area contributed by atoms with E-state index in [1.807, 2.05) is 42.2 Å². The van der Waals surface area contributed by atoms with E-state index in [0.717, 1.165) is 23.6 Å². The van der Waals surface area contributed by atoms with Crippen LogP contribution in [0.2, 0.25) is 0 Å². The van der Waals surface area contributed by atoms with Crippen molar-refractivity contribution in [1.82, 2.24) is 4.98 Å². The van der Waals surface area contributed by atoms with Crippen LogP contribution in [0.1, 0.15) is 5.69 Å². The fourth-order valence-corrected chi connectivity index (χ4v) is 2.37. The summed E-state index contributed by atoms with van der Waals surface area (Å²) >= 11 is 1.84. The van der Waals surface area contributed by atoms with E-state index in [-0.39, 0.29) is 12.4 Å². The van der Waals surface area contributed by atoms with E-state index in [4.69, 9.17) is 4.74 Å². The average Bonchev–Trinajstić information content (AvgIpc) is 2.41. The molecule has 0 radical (unpaired) electrons. The van der Waals surface area contributed by atoms with Crippen molar-refractivity contribution in [2.75, 3.05) is 12.9 Å². The zero-order valence-electron chi connectivity index (χ0n) is 10.2. The number of rotatable bonds is 5. The Labute approximate surface area is 118 Å². The predicted octanol–water partition coefficient (Wildman–Crippen LogP) is 3.85. The first kappa shape index (κ1) is 14.9. The van der Waals surface area contributed by atoms with Gasteiger partial charge in [-0.3, -0.25) is 4.98 Å². The van der Waals surface area contributed by atoms with E-state index in [0.29, 0.717) is 0 Å². The normalized spacial score (nSPS) is 9.61. The summed E-state index contributed by atoms with van der Waals surface area (Å²) in [5.41, 5.74) is 1.15. The van der Waals surface area contributed by atoms with Crippen molar-refractivity contribution in [3.63, 3.8) is 0 Å². The third-order valence-electron chi connectivity index (χ3n) is 2.41. The van der Waals surface area contributed by atoms with Gasteiger partial charge in [-0.05, 0) is 42.8 Å². The molecule has 0 bridgehead atoms. The summed E-state index contributed by atoms with van der Waals surface area (Å²) in [7, 11) is 1.68. The highest BCUT2D eigenvalue weighted by atomic mass is 35.5.